The van der Waals surface area contributed by atoms with Crippen molar-refractivity contribution in [3.8, 4) is 5.75 Å². The number of esters is 1. The molecule has 2 aliphatic rings. The smallest absolute Gasteiger partial charge is 0.482 e. The molecule has 37 heavy (non-hydrogen) atoms. The molecule has 3 rings (SSSR count). The third-order valence-electron chi connectivity index (χ3n) is 7.67. The molecule has 0 bridgehead atoms. The lowest BCUT2D eigenvalue weighted by atomic mass is 9.68. The maximum atomic E-state index is 12.2. The Balaban J connectivity index is 1.72. The van der Waals surface area contributed by atoms with Gasteiger partial charge in [-0.2, -0.15) is 0 Å². The Morgan fingerprint density at radius 3 is 2.70 bits per heavy atom. The Morgan fingerprint density at radius 1 is 1.11 bits per heavy atom. The van der Waals surface area contributed by atoms with Gasteiger partial charge in [-0.05, 0) is 74.8 Å². The Morgan fingerprint density at radius 2 is 1.95 bits per heavy atom. The normalized spacial score (nSPS) is 23.0. The molecular formula is C29H44O8. The predicted octanol–water partition coefficient (Wildman–Crippen LogP) is 5.18. The second-order valence-electron chi connectivity index (χ2n) is 10.2. The standard InChI is InChI=1S/C29H44O8/c1-4-6-7-10-22(30)12-13-24-25-18-23(37-29(32)35-15-14-34-5-2)17-21(25)16-20-9-8-11-26(28(20)24)36-19-27(31)33-3/h8-9,11,21-25,30H,4-7,10,12-19H2,1-3H3. The van der Waals surface area contributed by atoms with Gasteiger partial charge in [-0.25, -0.2) is 9.59 Å². The number of aliphatic hydroxyl groups is 1. The first-order chi connectivity index (χ1) is 18.0. The summed E-state index contributed by atoms with van der Waals surface area (Å²) >= 11 is 0. The van der Waals surface area contributed by atoms with Crippen molar-refractivity contribution >= 4 is 12.1 Å². The zero-order valence-electron chi connectivity index (χ0n) is 22.6. The Labute approximate surface area is 220 Å². The summed E-state index contributed by atoms with van der Waals surface area (Å²) < 4.78 is 26.8. The van der Waals surface area contributed by atoms with Crippen LogP contribution >= 0.6 is 0 Å². The highest BCUT2D eigenvalue weighted by molar-refractivity contribution is 5.71. The van der Waals surface area contributed by atoms with Gasteiger partial charge < -0.3 is 28.8 Å². The molecule has 0 saturated heterocycles. The van der Waals surface area contributed by atoms with Crippen molar-refractivity contribution in [1.29, 1.82) is 0 Å². The molecule has 1 aromatic carbocycles. The van der Waals surface area contributed by atoms with Gasteiger partial charge in [0, 0.05) is 12.2 Å². The summed E-state index contributed by atoms with van der Waals surface area (Å²) in [5.74, 6) is 1.08. The molecule has 5 atom stereocenters. The number of hydrogen-bond donors (Lipinski definition) is 1. The third-order valence-corrected chi connectivity index (χ3v) is 7.67. The number of hydrogen-bond acceptors (Lipinski definition) is 8. The van der Waals surface area contributed by atoms with E-state index in [9.17, 15) is 14.7 Å². The van der Waals surface area contributed by atoms with Crippen LogP contribution in [0.15, 0.2) is 18.2 Å². The molecule has 2 aliphatic carbocycles. The minimum atomic E-state index is -0.647. The van der Waals surface area contributed by atoms with Crippen molar-refractivity contribution in [3.63, 3.8) is 0 Å². The fourth-order valence-electron chi connectivity index (χ4n) is 5.94. The third kappa shape index (κ3) is 8.60. The minimum Gasteiger partial charge on any atom is -0.482 e. The van der Waals surface area contributed by atoms with Crippen molar-refractivity contribution in [2.24, 2.45) is 11.8 Å². The number of fused-ring (bicyclic) bond motifs is 2. The van der Waals surface area contributed by atoms with Crippen LogP contribution in [0.5, 0.6) is 5.75 Å². The molecular weight excluding hydrogens is 476 g/mol. The average Bonchev–Trinajstić information content (AvgIpc) is 3.29. The first-order valence-corrected chi connectivity index (χ1v) is 13.9. The molecule has 1 saturated carbocycles. The van der Waals surface area contributed by atoms with E-state index in [4.69, 9.17) is 23.7 Å². The number of unbranched alkanes of at least 4 members (excludes halogenated alkanes) is 2. The number of carbonyl (C=O) groups is 2. The summed E-state index contributed by atoms with van der Waals surface area (Å²) in [6.45, 7) is 5.01. The fraction of sp³-hybridized carbons (Fsp3) is 0.724. The van der Waals surface area contributed by atoms with E-state index in [0.29, 0.717) is 37.2 Å². The summed E-state index contributed by atoms with van der Waals surface area (Å²) in [6, 6.07) is 5.99. The van der Waals surface area contributed by atoms with E-state index in [1.54, 1.807) is 0 Å². The van der Waals surface area contributed by atoms with E-state index >= 15 is 0 Å². The van der Waals surface area contributed by atoms with E-state index in [2.05, 4.69) is 13.0 Å². The van der Waals surface area contributed by atoms with Gasteiger partial charge in [0.2, 0.25) is 0 Å². The molecule has 0 aliphatic heterocycles. The average molecular weight is 521 g/mol. The van der Waals surface area contributed by atoms with Crippen LogP contribution in [0.1, 0.15) is 82.3 Å². The number of ether oxygens (including phenoxy) is 5. The molecule has 8 heteroatoms. The van der Waals surface area contributed by atoms with Crippen LogP contribution in [0.25, 0.3) is 0 Å². The topological polar surface area (TPSA) is 101 Å². The SMILES string of the molecule is CCCCCC(O)CCC1c2c(cccc2OCC(=O)OC)CC2CC(OC(=O)OCCOCC)CC21. The summed E-state index contributed by atoms with van der Waals surface area (Å²) in [5, 5.41) is 10.7. The monoisotopic (exact) mass is 520 g/mol. The van der Waals surface area contributed by atoms with E-state index in [0.717, 1.165) is 56.9 Å². The zero-order chi connectivity index (χ0) is 26.6. The van der Waals surface area contributed by atoms with Gasteiger partial charge in [-0.15, -0.1) is 0 Å². The lowest BCUT2D eigenvalue weighted by molar-refractivity contribution is -0.142. The van der Waals surface area contributed by atoms with Crippen LogP contribution in [0.4, 0.5) is 4.79 Å². The van der Waals surface area contributed by atoms with Crippen LogP contribution < -0.4 is 4.74 Å². The van der Waals surface area contributed by atoms with Crippen molar-refractivity contribution in [2.45, 2.75) is 89.8 Å². The van der Waals surface area contributed by atoms with E-state index in [-0.39, 0.29) is 31.3 Å². The molecule has 208 valence electrons. The highest BCUT2D eigenvalue weighted by Gasteiger charge is 2.45. The van der Waals surface area contributed by atoms with E-state index in [1.165, 1.54) is 12.7 Å². The second-order valence-corrected chi connectivity index (χ2v) is 10.2. The lowest BCUT2D eigenvalue weighted by Gasteiger charge is -2.37. The molecule has 0 radical (unpaired) electrons. The van der Waals surface area contributed by atoms with Crippen LogP contribution in [0, 0.1) is 11.8 Å². The molecule has 5 unspecified atom stereocenters. The van der Waals surface area contributed by atoms with Crippen LogP contribution in [-0.2, 0) is 30.2 Å². The number of methoxy groups -OCH3 is 1. The van der Waals surface area contributed by atoms with Gasteiger partial charge in [-0.3, -0.25) is 0 Å². The maximum Gasteiger partial charge on any atom is 0.508 e. The molecule has 1 fully saturated rings. The number of aliphatic hydroxyl groups excluding tert-OH is 1. The first kappa shape index (κ1) is 29.2. The Hall–Kier alpha value is -2.32. The second kappa shape index (κ2) is 15.2. The molecule has 1 aromatic rings. The summed E-state index contributed by atoms with van der Waals surface area (Å²) in [7, 11) is 1.35. The van der Waals surface area contributed by atoms with Crippen LogP contribution in [0.3, 0.4) is 0 Å². The number of benzene rings is 1. The quantitative estimate of drug-likeness (QED) is 0.249. The Kier molecular flexibility index (Phi) is 12.0. The highest BCUT2D eigenvalue weighted by Crippen LogP contribution is 2.53. The van der Waals surface area contributed by atoms with Gasteiger partial charge in [0.25, 0.3) is 0 Å². The lowest BCUT2D eigenvalue weighted by Crippen LogP contribution is -2.28. The minimum absolute atomic E-state index is 0.144. The maximum absolute atomic E-state index is 12.2. The van der Waals surface area contributed by atoms with Gasteiger partial charge >= 0.3 is 12.1 Å². The van der Waals surface area contributed by atoms with Crippen molar-refractivity contribution in [1.82, 2.24) is 0 Å². The molecule has 1 N–H and O–H groups in total. The summed E-state index contributed by atoms with van der Waals surface area (Å²) in [6.07, 6.45) is 6.80. The summed E-state index contributed by atoms with van der Waals surface area (Å²) in [4.78, 5) is 24.0. The van der Waals surface area contributed by atoms with Gasteiger partial charge in [-0.1, -0.05) is 38.3 Å². The largest absolute Gasteiger partial charge is 0.508 e. The van der Waals surface area contributed by atoms with Gasteiger partial charge in [0.15, 0.2) is 6.61 Å². The molecule has 0 aromatic heterocycles. The van der Waals surface area contributed by atoms with Crippen molar-refractivity contribution in [3.05, 3.63) is 29.3 Å². The molecule has 0 spiro atoms. The van der Waals surface area contributed by atoms with Gasteiger partial charge in [0.05, 0.1) is 19.8 Å². The number of carbonyl (C=O) groups excluding carboxylic acids is 2. The molecule has 8 nitrogen and oxygen atoms in total. The van der Waals surface area contributed by atoms with Crippen LogP contribution in [0.2, 0.25) is 0 Å². The predicted molar refractivity (Wildman–Crippen MR) is 139 cm³/mol. The molecule has 0 amide bonds. The molecule has 0 heterocycles. The first-order valence-electron chi connectivity index (χ1n) is 13.9. The van der Waals surface area contributed by atoms with Crippen LogP contribution in [-0.4, -0.2) is 63.0 Å². The van der Waals surface area contributed by atoms with Crippen molar-refractivity contribution in [2.75, 3.05) is 33.5 Å². The van der Waals surface area contributed by atoms with E-state index < -0.39 is 12.1 Å². The summed E-state index contributed by atoms with van der Waals surface area (Å²) in [5.41, 5.74) is 2.32. The fourth-order valence-corrected chi connectivity index (χ4v) is 5.94. The van der Waals surface area contributed by atoms with Crippen molar-refractivity contribution < 1.29 is 38.4 Å². The van der Waals surface area contributed by atoms with Gasteiger partial charge in [0.1, 0.15) is 18.5 Å². The van der Waals surface area contributed by atoms with E-state index in [1.807, 2.05) is 19.1 Å². The zero-order valence-corrected chi connectivity index (χ0v) is 22.6. The number of rotatable bonds is 15. The highest BCUT2D eigenvalue weighted by atomic mass is 16.7. The Bertz CT molecular complexity index is 856.